The molecule has 1 aliphatic rings. The maximum absolute atomic E-state index is 10.5. The summed E-state index contributed by atoms with van der Waals surface area (Å²) >= 11 is 1.70. The van der Waals surface area contributed by atoms with E-state index in [0.29, 0.717) is 12.3 Å². The minimum Gasteiger partial charge on any atom is -0.481 e. The summed E-state index contributed by atoms with van der Waals surface area (Å²) in [5.74, 6) is 0.735. The van der Waals surface area contributed by atoms with Gasteiger partial charge >= 0.3 is 5.97 Å². The number of rotatable bonds is 4. The second-order valence-corrected chi connectivity index (χ2v) is 5.92. The lowest BCUT2D eigenvalue weighted by Gasteiger charge is -2.24. The zero-order chi connectivity index (χ0) is 12.3. The van der Waals surface area contributed by atoms with Crippen molar-refractivity contribution in [3.63, 3.8) is 0 Å². The van der Waals surface area contributed by atoms with Crippen molar-refractivity contribution in [1.29, 1.82) is 0 Å². The Morgan fingerprint density at radius 3 is 2.82 bits per heavy atom. The van der Waals surface area contributed by atoms with Gasteiger partial charge in [0.15, 0.2) is 0 Å². The first-order valence-electron chi connectivity index (χ1n) is 6.31. The van der Waals surface area contributed by atoms with Gasteiger partial charge < -0.3 is 5.11 Å². The molecular formula is C13H19NO2S. The molecule has 0 unspecified atom stereocenters. The highest BCUT2D eigenvalue weighted by atomic mass is 32.1. The Bertz CT molecular complexity index is 381. The topological polar surface area (TPSA) is 50.2 Å². The van der Waals surface area contributed by atoms with Gasteiger partial charge in [0.25, 0.3) is 0 Å². The fraction of sp³-hybridized carbons (Fsp3) is 0.692. The van der Waals surface area contributed by atoms with Gasteiger partial charge in [0.1, 0.15) is 0 Å². The van der Waals surface area contributed by atoms with Crippen molar-refractivity contribution < 1.29 is 9.90 Å². The quantitative estimate of drug-likeness (QED) is 0.894. The second kappa shape index (κ2) is 5.63. The highest BCUT2D eigenvalue weighted by Crippen LogP contribution is 2.36. The normalized spacial score (nSPS) is 24.8. The molecular weight excluding hydrogens is 234 g/mol. The average Bonchev–Trinajstić information content (AvgIpc) is 2.76. The summed E-state index contributed by atoms with van der Waals surface area (Å²) in [7, 11) is 0. The molecule has 2 rings (SSSR count). The Balaban J connectivity index is 1.91. The highest BCUT2D eigenvalue weighted by Gasteiger charge is 2.22. The minimum atomic E-state index is -0.744. The van der Waals surface area contributed by atoms with E-state index in [4.69, 9.17) is 5.11 Å². The molecule has 4 heteroatoms. The van der Waals surface area contributed by atoms with Crippen molar-refractivity contribution in [2.75, 3.05) is 0 Å². The molecule has 0 spiro atoms. The molecule has 0 amide bonds. The molecule has 0 saturated heterocycles. The van der Waals surface area contributed by atoms with Gasteiger partial charge in [-0.25, -0.2) is 4.98 Å². The molecule has 0 aromatic carbocycles. The number of hydrogen-bond donors (Lipinski definition) is 1. The summed E-state index contributed by atoms with van der Waals surface area (Å²) in [6, 6.07) is 0. The van der Waals surface area contributed by atoms with E-state index in [0.717, 1.165) is 11.6 Å². The first kappa shape index (κ1) is 12.6. The van der Waals surface area contributed by atoms with Crippen molar-refractivity contribution in [1.82, 2.24) is 4.98 Å². The highest BCUT2D eigenvalue weighted by molar-refractivity contribution is 7.09. The lowest BCUT2D eigenvalue weighted by atomic mass is 9.83. The number of thiazole rings is 1. The van der Waals surface area contributed by atoms with Crippen molar-refractivity contribution in [3.05, 3.63) is 16.1 Å². The van der Waals surface area contributed by atoms with Crippen molar-refractivity contribution >= 4 is 17.3 Å². The third kappa shape index (κ3) is 3.53. The molecule has 1 aromatic heterocycles. The van der Waals surface area contributed by atoms with Gasteiger partial charge in [-0.1, -0.05) is 19.8 Å². The molecule has 3 nitrogen and oxygen atoms in total. The van der Waals surface area contributed by atoms with Crippen molar-refractivity contribution in [2.45, 2.75) is 51.4 Å². The molecule has 0 aliphatic heterocycles. The number of aromatic nitrogens is 1. The van der Waals surface area contributed by atoms with Gasteiger partial charge in [0.2, 0.25) is 0 Å². The molecule has 1 N–H and O–H groups in total. The Hall–Kier alpha value is -0.900. The zero-order valence-corrected chi connectivity index (χ0v) is 11.0. The molecule has 1 fully saturated rings. The first-order chi connectivity index (χ1) is 8.15. The van der Waals surface area contributed by atoms with Crippen LogP contribution in [0.5, 0.6) is 0 Å². The van der Waals surface area contributed by atoms with Crippen LogP contribution in [0.3, 0.4) is 0 Å². The predicted octanol–water partition coefficient (Wildman–Crippen LogP) is 3.45. The van der Waals surface area contributed by atoms with Crippen LogP contribution in [-0.4, -0.2) is 16.1 Å². The fourth-order valence-electron chi connectivity index (χ4n) is 2.37. The molecule has 0 radical (unpaired) electrons. The standard InChI is InChI=1S/C13H19NO2S/c1-9-2-4-10(5-3-9)13-14-11(8-17-13)6-7-12(15)16/h8-10H,2-7H2,1H3,(H,15,16). The van der Waals surface area contributed by atoms with E-state index in [2.05, 4.69) is 11.9 Å². The summed E-state index contributed by atoms with van der Waals surface area (Å²) in [5.41, 5.74) is 0.950. The van der Waals surface area contributed by atoms with Gasteiger partial charge in [0, 0.05) is 17.7 Å². The van der Waals surface area contributed by atoms with Crippen LogP contribution in [0.2, 0.25) is 0 Å². The SMILES string of the molecule is CC1CCC(c2nc(CCC(=O)O)cs2)CC1. The van der Waals surface area contributed by atoms with E-state index in [9.17, 15) is 4.79 Å². The van der Waals surface area contributed by atoms with Crippen LogP contribution in [0.4, 0.5) is 0 Å². The van der Waals surface area contributed by atoms with Crippen molar-refractivity contribution in [2.24, 2.45) is 5.92 Å². The number of carboxylic acid groups (broad SMARTS) is 1. The van der Waals surface area contributed by atoms with Gasteiger partial charge in [-0.2, -0.15) is 0 Å². The number of nitrogens with zero attached hydrogens (tertiary/aromatic N) is 1. The summed E-state index contributed by atoms with van der Waals surface area (Å²) < 4.78 is 0. The molecule has 0 bridgehead atoms. The van der Waals surface area contributed by atoms with Gasteiger partial charge in [0.05, 0.1) is 17.1 Å². The van der Waals surface area contributed by atoms with Crippen LogP contribution in [-0.2, 0) is 11.2 Å². The molecule has 1 aromatic rings. The van der Waals surface area contributed by atoms with Gasteiger partial charge in [-0.3, -0.25) is 4.79 Å². The number of aryl methyl sites for hydroxylation is 1. The Labute approximate surface area is 106 Å². The summed E-state index contributed by atoms with van der Waals surface area (Å²) in [5, 5.41) is 11.9. The molecule has 1 heterocycles. The monoisotopic (exact) mass is 253 g/mol. The van der Waals surface area contributed by atoms with Crippen LogP contribution in [0.15, 0.2) is 5.38 Å². The van der Waals surface area contributed by atoms with Crippen LogP contribution in [0.25, 0.3) is 0 Å². The largest absolute Gasteiger partial charge is 0.481 e. The lowest BCUT2D eigenvalue weighted by Crippen LogP contribution is -2.10. The first-order valence-corrected chi connectivity index (χ1v) is 7.19. The average molecular weight is 253 g/mol. The zero-order valence-electron chi connectivity index (χ0n) is 10.2. The summed E-state index contributed by atoms with van der Waals surface area (Å²) in [6.07, 6.45) is 5.84. The number of hydrogen-bond acceptors (Lipinski definition) is 3. The fourth-order valence-corrected chi connectivity index (χ4v) is 3.39. The number of carbonyl (C=O) groups is 1. The lowest BCUT2D eigenvalue weighted by molar-refractivity contribution is -0.136. The van der Waals surface area contributed by atoms with E-state index in [1.165, 1.54) is 30.7 Å². The Morgan fingerprint density at radius 2 is 2.18 bits per heavy atom. The van der Waals surface area contributed by atoms with Crippen LogP contribution < -0.4 is 0 Å². The second-order valence-electron chi connectivity index (χ2n) is 5.03. The van der Waals surface area contributed by atoms with E-state index < -0.39 is 5.97 Å². The predicted molar refractivity (Wildman–Crippen MR) is 68.4 cm³/mol. The Kier molecular flexibility index (Phi) is 4.15. The molecule has 0 atom stereocenters. The number of aliphatic carboxylic acids is 1. The van der Waals surface area contributed by atoms with Crippen LogP contribution in [0.1, 0.15) is 55.6 Å². The van der Waals surface area contributed by atoms with Crippen LogP contribution in [0, 0.1) is 5.92 Å². The maximum atomic E-state index is 10.5. The maximum Gasteiger partial charge on any atom is 0.303 e. The van der Waals surface area contributed by atoms with E-state index in [1.54, 1.807) is 11.3 Å². The summed E-state index contributed by atoms with van der Waals surface area (Å²) in [6.45, 7) is 2.32. The molecule has 1 saturated carbocycles. The summed E-state index contributed by atoms with van der Waals surface area (Å²) in [4.78, 5) is 15.1. The van der Waals surface area contributed by atoms with Crippen molar-refractivity contribution in [3.8, 4) is 0 Å². The van der Waals surface area contributed by atoms with E-state index in [1.807, 2.05) is 5.38 Å². The molecule has 17 heavy (non-hydrogen) atoms. The van der Waals surface area contributed by atoms with Gasteiger partial charge in [-0.15, -0.1) is 11.3 Å². The third-order valence-electron chi connectivity index (χ3n) is 3.53. The van der Waals surface area contributed by atoms with E-state index in [-0.39, 0.29) is 6.42 Å². The van der Waals surface area contributed by atoms with Gasteiger partial charge in [-0.05, 0) is 18.8 Å². The molecule has 1 aliphatic carbocycles. The van der Waals surface area contributed by atoms with Crippen LogP contribution >= 0.6 is 11.3 Å². The van der Waals surface area contributed by atoms with E-state index >= 15 is 0 Å². The smallest absolute Gasteiger partial charge is 0.303 e. The Morgan fingerprint density at radius 1 is 1.47 bits per heavy atom. The minimum absolute atomic E-state index is 0.185. The number of carboxylic acids is 1. The third-order valence-corrected chi connectivity index (χ3v) is 4.59. The molecule has 94 valence electrons.